The number of benzene rings is 2. The van der Waals surface area contributed by atoms with Crippen LogP contribution in [0.4, 0.5) is 37.8 Å². The van der Waals surface area contributed by atoms with Crippen LogP contribution in [0.15, 0.2) is 48.7 Å². The molecule has 0 radical (unpaired) electrons. The van der Waals surface area contributed by atoms with Gasteiger partial charge in [-0.3, -0.25) is 4.79 Å². The average molecular weight is 570 g/mol. The van der Waals surface area contributed by atoms with Gasteiger partial charge >= 0.3 is 12.4 Å². The molecule has 0 unspecified atom stereocenters. The number of halogens is 7. The standard InChI is InChI=1S/C24H18ClF6N7O/c1-37(2)22-20(19-18(17(32)10-33-34-19)21(39)15-5-3-4-6-16(15)25)35-36-38(22)11-12-7-13(23(26,27)28)9-14(8-12)24(29,30)31/h3-10H,11H2,1-2H3,(H2,32,34). The molecular weight excluding hydrogens is 552 g/mol. The van der Waals surface area contributed by atoms with Crippen molar-refractivity contribution in [3.63, 3.8) is 0 Å². The third-order valence-corrected chi connectivity index (χ3v) is 5.89. The number of hydrogen-bond donors (Lipinski definition) is 1. The summed E-state index contributed by atoms with van der Waals surface area (Å²) in [5, 5.41) is 15.9. The normalized spacial score (nSPS) is 12.0. The molecule has 0 saturated carbocycles. The van der Waals surface area contributed by atoms with Crippen LogP contribution in [0.2, 0.25) is 5.02 Å². The molecule has 0 spiro atoms. The molecule has 0 amide bonds. The van der Waals surface area contributed by atoms with E-state index in [9.17, 15) is 31.1 Å². The van der Waals surface area contributed by atoms with Gasteiger partial charge in [0, 0.05) is 19.7 Å². The number of rotatable bonds is 6. The lowest BCUT2D eigenvalue weighted by Crippen LogP contribution is -2.18. The molecule has 2 aromatic heterocycles. The van der Waals surface area contributed by atoms with Crippen molar-refractivity contribution in [3.8, 4) is 11.4 Å². The van der Waals surface area contributed by atoms with Crippen LogP contribution in [0, 0.1) is 0 Å². The highest BCUT2D eigenvalue weighted by Gasteiger charge is 2.37. The van der Waals surface area contributed by atoms with Gasteiger partial charge < -0.3 is 10.6 Å². The fraction of sp³-hybridized carbons (Fsp3) is 0.208. The predicted octanol–water partition coefficient (Wildman–Crippen LogP) is 5.35. The molecule has 8 nitrogen and oxygen atoms in total. The van der Waals surface area contributed by atoms with Crippen molar-refractivity contribution < 1.29 is 31.1 Å². The van der Waals surface area contributed by atoms with E-state index in [1.807, 2.05) is 0 Å². The van der Waals surface area contributed by atoms with Gasteiger partial charge in [0.25, 0.3) is 0 Å². The summed E-state index contributed by atoms with van der Waals surface area (Å²) in [5.74, 6) is -0.482. The first-order valence-corrected chi connectivity index (χ1v) is 11.4. The van der Waals surface area contributed by atoms with Crippen LogP contribution in [0.3, 0.4) is 0 Å². The Balaban J connectivity index is 1.85. The predicted molar refractivity (Wildman–Crippen MR) is 130 cm³/mol. The summed E-state index contributed by atoms with van der Waals surface area (Å²) in [4.78, 5) is 14.9. The number of anilines is 2. The summed E-state index contributed by atoms with van der Waals surface area (Å²) < 4.78 is 81.2. The van der Waals surface area contributed by atoms with E-state index in [1.54, 1.807) is 26.2 Å². The molecule has 0 fully saturated rings. The molecule has 2 N–H and O–H groups in total. The summed E-state index contributed by atoms with van der Waals surface area (Å²) in [6.07, 6.45) is -8.88. The van der Waals surface area contributed by atoms with E-state index in [2.05, 4.69) is 20.5 Å². The lowest BCUT2D eigenvalue weighted by atomic mass is 9.99. The summed E-state index contributed by atoms with van der Waals surface area (Å²) in [5.41, 5.74) is 2.63. The molecule has 39 heavy (non-hydrogen) atoms. The van der Waals surface area contributed by atoms with E-state index in [0.29, 0.717) is 12.1 Å². The Morgan fingerprint density at radius 1 is 0.974 bits per heavy atom. The molecule has 0 aliphatic carbocycles. The van der Waals surface area contributed by atoms with Crippen molar-refractivity contribution in [2.75, 3.05) is 24.7 Å². The van der Waals surface area contributed by atoms with Crippen LogP contribution >= 0.6 is 11.6 Å². The minimum Gasteiger partial charge on any atom is -0.397 e. The average Bonchev–Trinajstić information content (AvgIpc) is 3.26. The van der Waals surface area contributed by atoms with E-state index in [-0.39, 0.29) is 50.7 Å². The highest BCUT2D eigenvalue weighted by Crippen LogP contribution is 2.37. The molecule has 0 saturated heterocycles. The first-order valence-electron chi connectivity index (χ1n) is 11.0. The molecular formula is C24H18ClF6N7O. The van der Waals surface area contributed by atoms with Crippen molar-refractivity contribution in [2.24, 2.45) is 0 Å². The van der Waals surface area contributed by atoms with Gasteiger partial charge in [-0.05, 0) is 35.9 Å². The number of nitrogen functional groups attached to an aromatic ring is 1. The maximum atomic E-state index is 13.4. The minimum absolute atomic E-state index is 0.0294. The topological polar surface area (TPSA) is 103 Å². The minimum atomic E-state index is -5.01. The summed E-state index contributed by atoms with van der Waals surface area (Å²) in [6.45, 7) is -0.517. The Morgan fingerprint density at radius 2 is 1.59 bits per heavy atom. The maximum absolute atomic E-state index is 13.4. The number of nitrogens with two attached hydrogens (primary N) is 1. The van der Waals surface area contributed by atoms with E-state index >= 15 is 0 Å². The Kier molecular flexibility index (Phi) is 7.25. The van der Waals surface area contributed by atoms with Gasteiger partial charge in [-0.15, -0.1) is 10.2 Å². The van der Waals surface area contributed by atoms with E-state index in [0.717, 1.165) is 10.9 Å². The van der Waals surface area contributed by atoms with Crippen molar-refractivity contribution in [2.45, 2.75) is 18.9 Å². The number of carbonyl (C=O) groups is 1. The smallest absolute Gasteiger partial charge is 0.397 e. The number of alkyl halides is 6. The number of carbonyl (C=O) groups excluding carboxylic acids is 1. The number of ketones is 1. The van der Waals surface area contributed by atoms with Crippen molar-refractivity contribution in [3.05, 3.63) is 81.5 Å². The highest BCUT2D eigenvalue weighted by atomic mass is 35.5. The molecule has 204 valence electrons. The lowest BCUT2D eigenvalue weighted by Gasteiger charge is -2.18. The van der Waals surface area contributed by atoms with E-state index in [1.165, 1.54) is 17.0 Å². The first-order chi connectivity index (χ1) is 18.2. The second-order valence-electron chi connectivity index (χ2n) is 8.56. The second-order valence-corrected chi connectivity index (χ2v) is 8.97. The van der Waals surface area contributed by atoms with Crippen molar-refractivity contribution in [1.29, 1.82) is 0 Å². The fourth-order valence-electron chi connectivity index (χ4n) is 3.88. The molecule has 0 bridgehead atoms. The van der Waals surface area contributed by atoms with Crippen molar-refractivity contribution >= 4 is 28.9 Å². The summed E-state index contributed by atoms with van der Waals surface area (Å²) in [7, 11) is 3.09. The van der Waals surface area contributed by atoms with E-state index < -0.39 is 35.8 Å². The van der Waals surface area contributed by atoms with Crippen LogP contribution in [-0.2, 0) is 18.9 Å². The molecule has 0 aliphatic rings. The molecule has 2 heterocycles. The quantitative estimate of drug-likeness (QED) is 0.246. The van der Waals surface area contributed by atoms with Crippen LogP contribution < -0.4 is 10.6 Å². The van der Waals surface area contributed by atoms with Crippen LogP contribution in [0.5, 0.6) is 0 Å². The van der Waals surface area contributed by atoms with Crippen LogP contribution in [-0.4, -0.2) is 45.1 Å². The molecule has 15 heteroatoms. The van der Waals surface area contributed by atoms with Gasteiger partial charge in [-0.2, -0.15) is 31.4 Å². The number of hydrogen-bond acceptors (Lipinski definition) is 7. The Morgan fingerprint density at radius 3 is 2.15 bits per heavy atom. The fourth-order valence-corrected chi connectivity index (χ4v) is 4.10. The van der Waals surface area contributed by atoms with Gasteiger partial charge in [0.15, 0.2) is 17.3 Å². The van der Waals surface area contributed by atoms with Gasteiger partial charge in [0.1, 0.15) is 5.69 Å². The molecule has 0 aliphatic heterocycles. The monoisotopic (exact) mass is 569 g/mol. The highest BCUT2D eigenvalue weighted by molar-refractivity contribution is 6.35. The number of aromatic nitrogens is 5. The van der Waals surface area contributed by atoms with Crippen LogP contribution in [0.1, 0.15) is 32.6 Å². The van der Waals surface area contributed by atoms with Crippen LogP contribution in [0.25, 0.3) is 11.4 Å². The first kappa shape index (κ1) is 27.8. The second kappa shape index (κ2) is 10.2. The van der Waals surface area contributed by atoms with Gasteiger partial charge in [0.05, 0.1) is 40.1 Å². The molecule has 4 rings (SSSR count). The van der Waals surface area contributed by atoms with Gasteiger partial charge in [0.2, 0.25) is 0 Å². The zero-order chi connectivity index (χ0) is 28.7. The zero-order valence-electron chi connectivity index (χ0n) is 20.1. The summed E-state index contributed by atoms with van der Waals surface area (Å²) in [6, 6.07) is 7.44. The third-order valence-electron chi connectivity index (χ3n) is 5.56. The summed E-state index contributed by atoms with van der Waals surface area (Å²) >= 11 is 6.19. The third kappa shape index (κ3) is 5.65. The Labute approximate surface area is 222 Å². The largest absolute Gasteiger partial charge is 0.416 e. The molecule has 4 aromatic rings. The zero-order valence-corrected chi connectivity index (χ0v) is 20.9. The van der Waals surface area contributed by atoms with Gasteiger partial charge in [-0.1, -0.05) is 28.9 Å². The maximum Gasteiger partial charge on any atom is 0.416 e. The molecule has 2 aromatic carbocycles. The van der Waals surface area contributed by atoms with E-state index in [4.69, 9.17) is 17.3 Å². The molecule has 0 atom stereocenters. The SMILES string of the molecule is CN(C)c1c(-c2nncc(N)c2C(=O)c2ccccc2Cl)nnn1Cc1cc(C(F)(F)F)cc(C(F)(F)F)c1. The Bertz CT molecular complexity index is 1520. The number of nitrogens with zero attached hydrogens (tertiary/aromatic N) is 6. The van der Waals surface area contributed by atoms with Crippen molar-refractivity contribution in [1.82, 2.24) is 25.2 Å². The Hall–Kier alpha value is -4.20. The van der Waals surface area contributed by atoms with Gasteiger partial charge in [-0.25, -0.2) is 4.68 Å². The lowest BCUT2D eigenvalue weighted by molar-refractivity contribution is -0.143.